The van der Waals surface area contributed by atoms with Gasteiger partial charge in [-0.2, -0.15) is 0 Å². The molecular weight excluding hydrogens is 436 g/mol. The number of hydrogen-bond acceptors (Lipinski definition) is 5. The molecule has 5 rings (SSSR count). The highest BCUT2D eigenvalue weighted by molar-refractivity contribution is 8.03. The van der Waals surface area contributed by atoms with E-state index in [0.717, 1.165) is 5.56 Å². The van der Waals surface area contributed by atoms with Crippen molar-refractivity contribution in [1.29, 1.82) is 0 Å². The van der Waals surface area contributed by atoms with Crippen molar-refractivity contribution in [3.8, 4) is 0 Å². The predicted octanol–water partition coefficient (Wildman–Crippen LogP) is 3.97. The fourth-order valence-electron chi connectivity index (χ4n) is 4.06. The van der Waals surface area contributed by atoms with Crippen LogP contribution in [0.15, 0.2) is 78.2 Å². The zero-order valence-electron chi connectivity index (χ0n) is 17.4. The number of rotatable bonds is 4. The molecule has 2 amide bonds. The van der Waals surface area contributed by atoms with E-state index < -0.39 is 5.91 Å². The average Bonchev–Trinajstić information content (AvgIpc) is 2.84. The lowest BCUT2D eigenvalue weighted by Crippen LogP contribution is -2.39. The molecular formula is C26H18N2O4S. The van der Waals surface area contributed by atoms with E-state index in [1.54, 1.807) is 42.5 Å². The number of benzene rings is 3. The minimum Gasteiger partial charge on any atom is -0.324 e. The van der Waals surface area contributed by atoms with Crippen LogP contribution in [0.3, 0.4) is 0 Å². The van der Waals surface area contributed by atoms with Crippen molar-refractivity contribution in [3.63, 3.8) is 0 Å². The molecule has 7 heteroatoms. The molecule has 0 saturated heterocycles. The second kappa shape index (κ2) is 8.52. The van der Waals surface area contributed by atoms with Crippen LogP contribution in [0.1, 0.15) is 37.4 Å². The Morgan fingerprint density at radius 1 is 0.818 bits per heavy atom. The van der Waals surface area contributed by atoms with E-state index in [-0.39, 0.29) is 46.6 Å². The largest absolute Gasteiger partial charge is 0.324 e. The Morgan fingerprint density at radius 2 is 1.48 bits per heavy atom. The number of ketones is 2. The van der Waals surface area contributed by atoms with Crippen molar-refractivity contribution in [1.82, 2.24) is 4.90 Å². The van der Waals surface area contributed by atoms with Crippen LogP contribution in [-0.2, 0) is 9.59 Å². The van der Waals surface area contributed by atoms with Crippen LogP contribution < -0.4 is 5.32 Å². The van der Waals surface area contributed by atoms with Crippen LogP contribution >= 0.6 is 11.8 Å². The maximum atomic E-state index is 13.2. The molecule has 33 heavy (non-hydrogen) atoms. The molecule has 6 nitrogen and oxygen atoms in total. The molecule has 0 bridgehead atoms. The third kappa shape index (κ3) is 3.76. The Balaban J connectivity index is 1.43. The van der Waals surface area contributed by atoms with E-state index in [2.05, 4.69) is 5.32 Å². The number of fused-ring (bicyclic) bond motifs is 2. The number of nitrogens with one attached hydrogen (secondary N) is 1. The van der Waals surface area contributed by atoms with Gasteiger partial charge >= 0.3 is 0 Å². The SMILES string of the molecule is O=C(CN1C(=O)CSC=C1c1ccccc1)Nc1cccc2c1C(=O)c1ccccc1C2=O. The van der Waals surface area contributed by atoms with Crippen molar-refractivity contribution >= 4 is 46.5 Å². The zero-order chi connectivity index (χ0) is 22.9. The Morgan fingerprint density at radius 3 is 2.24 bits per heavy atom. The van der Waals surface area contributed by atoms with Crippen LogP contribution in [0.25, 0.3) is 5.70 Å². The Kier molecular flexibility index (Phi) is 5.40. The van der Waals surface area contributed by atoms with E-state index in [1.807, 2.05) is 35.7 Å². The Hall–Kier alpha value is -3.97. The van der Waals surface area contributed by atoms with Gasteiger partial charge in [0.1, 0.15) is 6.54 Å². The number of hydrogen-bond donors (Lipinski definition) is 1. The molecule has 162 valence electrons. The molecule has 0 fully saturated rings. The molecule has 0 aromatic heterocycles. The number of nitrogens with zero attached hydrogens (tertiary/aromatic N) is 1. The number of carbonyl (C=O) groups is 4. The van der Waals surface area contributed by atoms with E-state index >= 15 is 0 Å². The predicted molar refractivity (Wildman–Crippen MR) is 127 cm³/mol. The molecule has 3 aromatic rings. The third-order valence-corrected chi connectivity index (χ3v) is 6.39. The lowest BCUT2D eigenvalue weighted by molar-refractivity contribution is -0.129. The highest BCUT2D eigenvalue weighted by atomic mass is 32.2. The van der Waals surface area contributed by atoms with Crippen molar-refractivity contribution in [2.24, 2.45) is 0 Å². The fourth-order valence-corrected chi connectivity index (χ4v) is 4.86. The summed E-state index contributed by atoms with van der Waals surface area (Å²) >= 11 is 1.39. The minimum atomic E-state index is -0.454. The van der Waals surface area contributed by atoms with Crippen LogP contribution in [0, 0.1) is 0 Å². The van der Waals surface area contributed by atoms with E-state index in [9.17, 15) is 19.2 Å². The van der Waals surface area contributed by atoms with E-state index in [4.69, 9.17) is 0 Å². The maximum Gasteiger partial charge on any atom is 0.244 e. The first-order valence-electron chi connectivity index (χ1n) is 10.3. The van der Waals surface area contributed by atoms with Gasteiger partial charge in [-0.3, -0.25) is 19.2 Å². The molecule has 0 unspecified atom stereocenters. The summed E-state index contributed by atoms with van der Waals surface area (Å²) in [6, 6.07) is 20.8. The van der Waals surface area contributed by atoms with Gasteiger partial charge < -0.3 is 10.2 Å². The summed E-state index contributed by atoms with van der Waals surface area (Å²) in [4.78, 5) is 53.1. The summed E-state index contributed by atoms with van der Waals surface area (Å²) in [5.74, 6) is -0.953. The Labute approximate surface area is 194 Å². The summed E-state index contributed by atoms with van der Waals surface area (Å²) in [7, 11) is 0. The average molecular weight is 455 g/mol. The lowest BCUT2D eigenvalue weighted by Gasteiger charge is -2.28. The van der Waals surface area contributed by atoms with Crippen molar-refractivity contribution in [2.45, 2.75) is 0 Å². The van der Waals surface area contributed by atoms with Gasteiger partial charge in [0, 0.05) is 16.7 Å². The topological polar surface area (TPSA) is 83.6 Å². The first-order chi connectivity index (χ1) is 16.0. The summed E-state index contributed by atoms with van der Waals surface area (Å²) < 4.78 is 0. The number of amides is 2. The molecule has 0 radical (unpaired) electrons. The van der Waals surface area contributed by atoms with Gasteiger partial charge in [-0.1, -0.05) is 66.7 Å². The summed E-state index contributed by atoms with van der Waals surface area (Å²) in [5.41, 5.74) is 2.85. The summed E-state index contributed by atoms with van der Waals surface area (Å²) in [6.45, 7) is -0.206. The van der Waals surface area contributed by atoms with Gasteiger partial charge in [-0.15, -0.1) is 11.8 Å². The zero-order valence-corrected chi connectivity index (χ0v) is 18.2. The number of thioether (sulfide) groups is 1. The summed E-state index contributed by atoms with van der Waals surface area (Å²) in [5, 5.41) is 4.62. The first-order valence-corrected chi connectivity index (χ1v) is 11.4. The quantitative estimate of drug-likeness (QED) is 0.504. The standard InChI is InChI=1S/C26H18N2O4S/c29-22(13-28-21(14-33-15-23(28)30)16-7-2-1-3-8-16)27-20-12-6-11-19-24(20)26(32)18-10-5-4-9-17(18)25(19)31/h1-12,14H,13,15H2,(H,27,29). The highest BCUT2D eigenvalue weighted by Crippen LogP contribution is 2.32. The van der Waals surface area contributed by atoms with Gasteiger partial charge in [0.2, 0.25) is 11.8 Å². The molecule has 1 N–H and O–H groups in total. The lowest BCUT2D eigenvalue weighted by atomic mass is 9.83. The molecule has 3 aromatic carbocycles. The molecule has 2 aliphatic rings. The Bertz CT molecular complexity index is 1350. The van der Waals surface area contributed by atoms with Crippen molar-refractivity contribution in [2.75, 3.05) is 17.6 Å². The van der Waals surface area contributed by atoms with Crippen LogP contribution in [-0.4, -0.2) is 40.6 Å². The van der Waals surface area contributed by atoms with Gasteiger partial charge in [-0.05, 0) is 17.0 Å². The maximum absolute atomic E-state index is 13.2. The van der Waals surface area contributed by atoms with Gasteiger partial charge in [0.05, 0.1) is 22.7 Å². The number of carbonyl (C=O) groups excluding carboxylic acids is 4. The highest BCUT2D eigenvalue weighted by Gasteiger charge is 2.32. The van der Waals surface area contributed by atoms with E-state index in [0.29, 0.717) is 16.8 Å². The second-order valence-electron chi connectivity index (χ2n) is 7.64. The van der Waals surface area contributed by atoms with Crippen LogP contribution in [0.4, 0.5) is 5.69 Å². The molecule has 1 heterocycles. The van der Waals surface area contributed by atoms with Gasteiger partial charge in [0.15, 0.2) is 11.6 Å². The normalized spacial score (nSPS) is 15.0. The number of anilines is 1. The molecule has 0 saturated carbocycles. The van der Waals surface area contributed by atoms with Crippen molar-refractivity contribution < 1.29 is 19.2 Å². The van der Waals surface area contributed by atoms with Gasteiger partial charge in [0.25, 0.3) is 0 Å². The fraction of sp³-hybridized carbons (Fsp3) is 0.0769. The van der Waals surface area contributed by atoms with Gasteiger partial charge in [-0.25, -0.2) is 0 Å². The third-order valence-electron chi connectivity index (χ3n) is 5.59. The van der Waals surface area contributed by atoms with Crippen LogP contribution in [0.5, 0.6) is 0 Å². The van der Waals surface area contributed by atoms with E-state index in [1.165, 1.54) is 16.7 Å². The van der Waals surface area contributed by atoms with Crippen LogP contribution in [0.2, 0.25) is 0 Å². The monoisotopic (exact) mass is 454 g/mol. The second-order valence-corrected chi connectivity index (χ2v) is 8.50. The molecule has 1 aliphatic carbocycles. The van der Waals surface area contributed by atoms with Crippen molar-refractivity contribution in [3.05, 3.63) is 106 Å². The summed E-state index contributed by atoms with van der Waals surface area (Å²) in [6.07, 6.45) is 0. The first kappa shape index (κ1) is 20.9. The molecule has 0 spiro atoms. The molecule has 0 atom stereocenters. The molecule has 1 aliphatic heterocycles. The minimum absolute atomic E-state index is 0.174. The smallest absolute Gasteiger partial charge is 0.244 e.